The Bertz CT molecular complexity index is 977. The summed E-state index contributed by atoms with van der Waals surface area (Å²) in [5.41, 5.74) is 1.18. The van der Waals surface area contributed by atoms with Crippen LogP contribution >= 0.6 is 23.1 Å². The normalized spacial score (nSPS) is 11.5. The van der Waals surface area contributed by atoms with E-state index in [0.717, 1.165) is 4.90 Å². The maximum atomic E-state index is 12.5. The van der Waals surface area contributed by atoms with Gasteiger partial charge < -0.3 is 15.4 Å². The zero-order valence-electron chi connectivity index (χ0n) is 16.0. The van der Waals surface area contributed by atoms with Crippen molar-refractivity contribution in [2.45, 2.75) is 23.5 Å². The highest BCUT2D eigenvalue weighted by molar-refractivity contribution is 8.00. The lowest BCUT2D eigenvalue weighted by molar-refractivity contribution is -0.115. The lowest BCUT2D eigenvalue weighted by atomic mass is 10.2. The van der Waals surface area contributed by atoms with Gasteiger partial charge in [0.05, 0.1) is 12.4 Å². The van der Waals surface area contributed by atoms with E-state index in [0.29, 0.717) is 28.6 Å². The second-order valence-electron chi connectivity index (χ2n) is 6.06. The molecule has 1 aromatic heterocycles. The van der Waals surface area contributed by atoms with Crippen LogP contribution < -0.4 is 15.4 Å². The quantitative estimate of drug-likeness (QED) is 0.499. The fourth-order valence-electron chi connectivity index (χ4n) is 2.57. The first-order valence-corrected chi connectivity index (χ1v) is 10.8. The first-order valence-electron chi connectivity index (χ1n) is 9.01. The van der Waals surface area contributed by atoms with E-state index in [1.54, 1.807) is 37.6 Å². The zero-order chi connectivity index (χ0) is 20.6. The van der Waals surface area contributed by atoms with E-state index in [1.807, 2.05) is 36.6 Å². The number of ether oxygens (including phenoxy) is 1. The number of rotatable bonds is 8. The Morgan fingerprint density at radius 1 is 1.17 bits per heavy atom. The van der Waals surface area contributed by atoms with Crippen molar-refractivity contribution in [3.63, 3.8) is 0 Å². The summed E-state index contributed by atoms with van der Waals surface area (Å²) < 4.78 is 5.17. The van der Waals surface area contributed by atoms with Gasteiger partial charge in [-0.05, 0) is 42.8 Å². The molecule has 29 heavy (non-hydrogen) atoms. The molecule has 3 aromatic rings. The lowest BCUT2D eigenvalue weighted by Crippen LogP contribution is -2.24. The van der Waals surface area contributed by atoms with Gasteiger partial charge in [-0.2, -0.15) is 0 Å². The average molecular weight is 428 g/mol. The third-order valence-corrected chi connectivity index (χ3v) is 6.07. The predicted octanol–water partition coefficient (Wildman–Crippen LogP) is 4.91. The Balaban J connectivity index is 1.66. The number of carbonyl (C=O) groups is 2. The van der Waals surface area contributed by atoms with Gasteiger partial charge in [0.1, 0.15) is 5.75 Å². The number of thiazole rings is 1. The van der Waals surface area contributed by atoms with E-state index in [2.05, 4.69) is 15.6 Å². The van der Waals surface area contributed by atoms with Gasteiger partial charge in [0.15, 0.2) is 5.13 Å². The molecule has 2 aromatic carbocycles. The molecule has 0 fully saturated rings. The summed E-state index contributed by atoms with van der Waals surface area (Å²) in [6.45, 7) is 1.97. The van der Waals surface area contributed by atoms with Gasteiger partial charge >= 0.3 is 0 Å². The van der Waals surface area contributed by atoms with E-state index < -0.39 is 0 Å². The number of hydrogen-bond donors (Lipinski definition) is 2. The molecule has 1 unspecified atom stereocenters. The molecule has 8 heteroatoms. The van der Waals surface area contributed by atoms with Crippen LogP contribution in [0.5, 0.6) is 5.75 Å². The topological polar surface area (TPSA) is 80.3 Å². The number of nitrogens with zero attached hydrogens (tertiary/aromatic N) is 1. The van der Waals surface area contributed by atoms with E-state index >= 15 is 0 Å². The molecule has 0 bridgehead atoms. The number of amides is 2. The molecule has 6 nitrogen and oxygen atoms in total. The second kappa shape index (κ2) is 10.1. The minimum Gasteiger partial charge on any atom is -0.497 e. The van der Waals surface area contributed by atoms with Gasteiger partial charge in [-0.15, -0.1) is 23.1 Å². The van der Waals surface area contributed by atoms with Crippen molar-refractivity contribution in [1.82, 2.24) is 4.98 Å². The maximum absolute atomic E-state index is 12.5. The van der Waals surface area contributed by atoms with E-state index in [4.69, 9.17) is 4.74 Å². The van der Waals surface area contributed by atoms with Gasteiger partial charge in [0.25, 0.3) is 5.91 Å². The molecule has 0 saturated heterocycles. The molecular weight excluding hydrogens is 406 g/mol. The smallest absolute Gasteiger partial charge is 0.255 e. The Hall–Kier alpha value is -2.84. The van der Waals surface area contributed by atoms with Gasteiger partial charge in [0, 0.05) is 27.7 Å². The molecule has 0 radical (unpaired) electrons. The van der Waals surface area contributed by atoms with Gasteiger partial charge in [-0.3, -0.25) is 9.59 Å². The zero-order valence-corrected chi connectivity index (χ0v) is 17.7. The van der Waals surface area contributed by atoms with Crippen LogP contribution in [0.2, 0.25) is 0 Å². The minimum atomic E-state index is -0.261. The first-order chi connectivity index (χ1) is 14.1. The molecule has 2 N–H and O–H groups in total. The van der Waals surface area contributed by atoms with Crippen molar-refractivity contribution in [2.75, 3.05) is 17.7 Å². The highest BCUT2D eigenvalue weighted by Crippen LogP contribution is 2.29. The third-order valence-electron chi connectivity index (χ3n) is 4.03. The van der Waals surface area contributed by atoms with Crippen LogP contribution in [0.4, 0.5) is 10.8 Å². The molecule has 2 amide bonds. The highest BCUT2D eigenvalue weighted by Gasteiger charge is 2.19. The standard InChI is InChI=1S/C21H21N3O3S2/c1-3-18(20(26)24-21-22-10-11-28-21)29-17-9-5-7-15(13-17)23-19(25)14-6-4-8-16(12-14)27-2/h4-13,18H,3H2,1-2H3,(H,23,25)(H,22,24,26). The molecular formula is C21H21N3O3S2. The average Bonchev–Trinajstić information content (AvgIpc) is 3.25. The molecule has 3 rings (SSSR count). The largest absolute Gasteiger partial charge is 0.497 e. The number of carbonyl (C=O) groups excluding carboxylic acids is 2. The van der Waals surface area contributed by atoms with Crippen molar-refractivity contribution >= 4 is 45.7 Å². The minimum absolute atomic E-state index is 0.0849. The number of thioether (sulfide) groups is 1. The monoisotopic (exact) mass is 427 g/mol. The van der Waals surface area contributed by atoms with Gasteiger partial charge in [-0.25, -0.2) is 4.98 Å². The van der Waals surface area contributed by atoms with Crippen LogP contribution in [-0.2, 0) is 4.79 Å². The molecule has 0 aliphatic carbocycles. The molecule has 150 valence electrons. The number of anilines is 2. The van der Waals surface area contributed by atoms with Crippen LogP contribution in [-0.4, -0.2) is 29.2 Å². The summed E-state index contributed by atoms with van der Waals surface area (Å²) in [7, 11) is 1.56. The predicted molar refractivity (Wildman–Crippen MR) is 118 cm³/mol. The van der Waals surface area contributed by atoms with Crippen molar-refractivity contribution in [1.29, 1.82) is 0 Å². The molecule has 0 spiro atoms. The van der Waals surface area contributed by atoms with Crippen LogP contribution in [0.25, 0.3) is 0 Å². The number of nitrogens with one attached hydrogen (secondary N) is 2. The maximum Gasteiger partial charge on any atom is 0.255 e. The lowest BCUT2D eigenvalue weighted by Gasteiger charge is -2.14. The van der Waals surface area contributed by atoms with Crippen LogP contribution in [0.15, 0.2) is 65.0 Å². The number of methoxy groups -OCH3 is 1. The fraction of sp³-hybridized carbons (Fsp3) is 0.190. The van der Waals surface area contributed by atoms with Crippen molar-refractivity contribution in [3.05, 3.63) is 65.7 Å². The summed E-state index contributed by atoms with van der Waals surface area (Å²) in [5.74, 6) is 0.317. The van der Waals surface area contributed by atoms with Crippen molar-refractivity contribution in [2.24, 2.45) is 0 Å². The molecule has 0 saturated carbocycles. The van der Waals surface area contributed by atoms with E-state index in [-0.39, 0.29) is 17.1 Å². The van der Waals surface area contributed by atoms with Crippen LogP contribution in [0.1, 0.15) is 23.7 Å². The summed E-state index contributed by atoms with van der Waals surface area (Å²) in [6.07, 6.45) is 2.32. The Labute approximate surface area is 177 Å². The SMILES string of the molecule is CCC(Sc1cccc(NC(=O)c2cccc(OC)c2)c1)C(=O)Nc1nccs1. The number of aromatic nitrogens is 1. The molecule has 0 aliphatic heterocycles. The first kappa shape index (κ1) is 20.9. The Morgan fingerprint density at radius 3 is 2.72 bits per heavy atom. The Morgan fingerprint density at radius 2 is 2.00 bits per heavy atom. The van der Waals surface area contributed by atoms with E-state index in [1.165, 1.54) is 23.1 Å². The Kier molecular flexibility index (Phi) is 7.26. The fourth-order valence-corrected chi connectivity index (χ4v) is 4.12. The summed E-state index contributed by atoms with van der Waals surface area (Å²) in [6, 6.07) is 14.4. The summed E-state index contributed by atoms with van der Waals surface area (Å²) >= 11 is 2.84. The molecule has 1 atom stereocenters. The highest BCUT2D eigenvalue weighted by atomic mass is 32.2. The number of benzene rings is 2. The molecule has 1 heterocycles. The van der Waals surface area contributed by atoms with Gasteiger partial charge in [-0.1, -0.05) is 19.1 Å². The summed E-state index contributed by atoms with van der Waals surface area (Å²) in [5, 5.41) is 7.88. The van der Waals surface area contributed by atoms with Crippen LogP contribution in [0, 0.1) is 0 Å². The van der Waals surface area contributed by atoms with E-state index in [9.17, 15) is 9.59 Å². The van der Waals surface area contributed by atoms with Crippen molar-refractivity contribution < 1.29 is 14.3 Å². The number of hydrogen-bond acceptors (Lipinski definition) is 6. The second-order valence-corrected chi connectivity index (χ2v) is 8.23. The summed E-state index contributed by atoms with van der Waals surface area (Å²) in [4.78, 5) is 30.0. The van der Waals surface area contributed by atoms with Crippen LogP contribution in [0.3, 0.4) is 0 Å². The third kappa shape index (κ3) is 5.82. The van der Waals surface area contributed by atoms with Gasteiger partial charge in [0.2, 0.25) is 5.91 Å². The molecule has 0 aliphatic rings. The van der Waals surface area contributed by atoms with Crippen molar-refractivity contribution in [3.8, 4) is 5.75 Å².